The minimum Gasteiger partial charge on any atom is -0.336 e. The molecule has 240 valence electrons. The number of anilines is 1. The van der Waals surface area contributed by atoms with Crippen LogP contribution in [-0.2, 0) is 11.3 Å². The third kappa shape index (κ3) is 6.50. The van der Waals surface area contributed by atoms with Crippen molar-refractivity contribution in [3.63, 3.8) is 0 Å². The molecule has 12 heteroatoms. The van der Waals surface area contributed by atoms with Gasteiger partial charge in [0.05, 0.1) is 27.8 Å². The summed E-state index contributed by atoms with van der Waals surface area (Å²) in [7, 11) is 0. The Balaban J connectivity index is 1.51. The van der Waals surface area contributed by atoms with Gasteiger partial charge in [0.15, 0.2) is 0 Å². The van der Waals surface area contributed by atoms with Crippen LogP contribution in [0.15, 0.2) is 33.8 Å². The van der Waals surface area contributed by atoms with Gasteiger partial charge in [-0.1, -0.05) is 69.1 Å². The van der Waals surface area contributed by atoms with E-state index < -0.39 is 5.76 Å². The van der Waals surface area contributed by atoms with Gasteiger partial charge in [-0.05, 0) is 43.7 Å². The first-order valence-corrected chi connectivity index (χ1v) is 16.7. The monoisotopic (exact) mass is 634 g/mol. The molecule has 0 radical (unpaired) electrons. The molecule has 1 N–H and O–H groups in total. The number of hydrogen-bond donors (Lipinski definition) is 1. The summed E-state index contributed by atoms with van der Waals surface area (Å²) in [5.74, 6) is 2.01. The van der Waals surface area contributed by atoms with Gasteiger partial charge in [0.2, 0.25) is 17.7 Å². The van der Waals surface area contributed by atoms with Crippen LogP contribution in [0.5, 0.6) is 0 Å². The minimum atomic E-state index is -0.652. The number of amides is 1. The van der Waals surface area contributed by atoms with E-state index in [0.29, 0.717) is 35.4 Å². The number of aromatic nitrogens is 6. The molecular weight excluding hydrogens is 592 g/mol. The molecule has 0 spiro atoms. The van der Waals surface area contributed by atoms with Crippen molar-refractivity contribution in [2.24, 2.45) is 11.8 Å². The lowest BCUT2D eigenvalue weighted by molar-refractivity contribution is -0.132. The van der Waals surface area contributed by atoms with Crippen LogP contribution in [0.3, 0.4) is 0 Å². The second-order valence-electron chi connectivity index (χ2n) is 12.9. The van der Waals surface area contributed by atoms with E-state index >= 15 is 0 Å². The number of rotatable bonds is 9. The van der Waals surface area contributed by atoms with Crippen molar-refractivity contribution in [3.05, 3.63) is 40.1 Å². The van der Waals surface area contributed by atoms with Gasteiger partial charge in [0.1, 0.15) is 5.69 Å². The molecule has 1 saturated heterocycles. The number of hydrogen-bond acceptors (Lipinski definition) is 8. The Hall–Kier alpha value is -3.73. The first kappa shape index (κ1) is 31.3. The Morgan fingerprint density at radius 2 is 1.89 bits per heavy atom. The Bertz CT molecular complexity index is 1710. The molecule has 2 aliphatic rings. The van der Waals surface area contributed by atoms with Gasteiger partial charge < -0.3 is 14.4 Å². The highest BCUT2D eigenvalue weighted by Crippen LogP contribution is 2.38. The first-order valence-electron chi connectivity index (χ1n) is 16.4. The quantitative estimate of drug-likeness (QED) is 0.227. The number of imidazole rings is 1. The number of nitrogens with zero attached hydrogens (tertiary/aromatic N) is 7. The smallest absolute Gasteiger partial charge is 0.336 e. The van der Waals surface area contributed by atoms with Gasteiger partial charge >= 0.3 is 5.76 Å². The molecule has 6 rings (SSSR count). The number of carbonyl (C=O) groups excluding carboxylic acids is 1. The normalized spacial score (nSPS) is 22.3. The Labute approximate surface area is 268 Å². The Morgan fingerprint density at radius 3 is 2.58 bits per heavy atom. The molecule has 2 unspecified atom stereocenters. The number of halogens is 1. The fourth-order valence-electron chi connectivity index (χ4n) is 7.25. The van der Waals surface area contributed by atoms with Crippen LogP contribution in [-0.4, -0.2) is 65.6 Å². The van der Waals surface area contributed by atoms with Gasteiger partial charge in [0.25, 0.3) is 0 Å². The van der Waals surface area contributed by atoms with Gasteiger partial charge in [0, 0.05) is 50.6 Å². The second kappa shape index (κ2) is 13.3. The van der Waals surface area contributed by atoms with Crippen molar-refractivity contribution >= 4 is 34.5 Å². The largest absolute Gasteiger partial charge is 0.439 e. The summed E-state index contributed by atoms with van der Waals surface area (Å²) < 4.78 is 7.14. The highest BCUT2D eigenvalue weighted by atomic mass is 35.5. The first-order chi connectivity index (χ1) is 21.7. The molecule has 11 nitrogen and oxygen atoms in total. The zero-order chi connectivity index (χ0) is 31.7. The lowest BCUT2D eigenvalue weighted by atomic mass is 9.81. The van der Waals surface area contributed by atoms with Crippen molar-refractivity contribution < 1.29 is 9.32 Å². The number of piperazine rings is 1. The van der Waals surface area contributed by atoms with E-state index in [1.54, 1.807) is 19.3 Å². The van der Waals surface area contributed by atoms with Crippen molar-refractivity contribution in [2.45, 2.75) is 97.7 Å². The molecule has 1 aliphatic heterocycles. The lowest BCUT2D eigenvalue weighted by Gasteiger charge is -2.46. The van der Waals surface area contributed by atoms with E-state index in [1.165, 1.54) is 25.7 Å². The number of carbonyl (C=O) groups is 1. The Morgan fingerprint density at radius 1 is 1.09 bits per heavy atom. The number of aryl methyl sites for hydroxylation is 1. The second-order valence-corrected chi connectivity index (χ2v) is 13.3. The maximum Gasteiger partial charge on any atom is 0.439 e. The van der Waals surface area contributed by atoms with E-state index in [2.05, 4.69) is 45.4 Å². The number of pyridine rings is 2. The van der Waals surface area contributed by atoms with Crippen LogP contribution in [0.2, 0.25) is 5.02 Å². The van der Waals surface area contributed by atoms with E-state index in [4.69, 9.17) is 26.1 Å². The molecule has 2 atom stereocenters. The summed E-state index contributed by atoms with van der Waals surface area (Å²) in [6, 6.07) is 3.86. The summed E-state index contributed by atoms with van der Waals surface area (Å²) in [5.41, 5.74) is 3.47. The van der Waals surface area contributed by atoms with E-state index in [-0.39, 0.29) is 23.8 Å². The van der Waals surface area contributed by atoms with E-state index in [0.717, 1.165) is 60.7 Å². The molecule has 4 aromatic heterocycles. The third-order valence-corrected chi connectivity index (χ3v) is 10.0. The van der Waals surface area contributed by atoms with Crippen molar-refractivity contribution in [3.8, 4) is 22.8 Å². The van der Waals surface area contributed by atoms with Gasteiger partial charge in [-0.15, -0.1) is 0 Å². The molecule has 2 fully saturated rings. The molecule has 45 heavy (non-hydrogen) atoms. The standard InChI is InChI=1S/C33H43ClN8O3/c1-5-6-7-28-21(3)40(14-15-41(28)22(4)43)32-37-26-17-27(31-38-33(44)45-39-31)36-29(24-16-25(34)19-35-18-24)30(26)42(32)13-12-23-10-8-20(2)9-11-23/h16-21,23,28H,5-15H2,1-4H3,(H,38,39,44). The third-order valence-electron chi connectivity index (χ3n) is 9.81. The summed E-state index contributed by atoms with van der Waals surface area (Å²) in [6.07, 6.45) is 12.5. The number of H-pyrrole nitrogens is 1. The molecular formula is C33H43ClN8O3. The van der Waals surface area contributed by atoms with Crippen molar-refractivity contribution in [2.75, 3.05) is 18.0 Å². The average Bonchev–Trinajstić information content (AvgIpc) is 3.62. The predicted molar refractivity (Wildman–Crippen MR) is 175 cm³/mol. The number of aromatic amines is 1. The Kier molecular flexibility index (Phi) is 9.26. The highest BCUT2D eigenvalue weighted by molar-refractivity contribution is 6.30. The SMILES string of the molecule is CCCCC1C(C)N(c2nc3cc(-c4noc(=O)[nH]4)nc(-c4cncc(Cl)c4)c3n2CCC2CCC(C)CC2)CCN1C(C)=O. The van der Waals surface area contributed by atoms with Gasteiger partial charge in [-0.2, -0.15) is 0 Å². The van der Waals surface area contributed by atoms with Crippen LogP contribution in [0.4, 0.5) is 5.95 Å². The van der Waals surface area contributed by atoms with Crippen LogP contribution < -0.4 is 10.7 Å². The number of nitrogens with one attached hydrogen (secondary N) is 1. The topological polar surface area (TPSA) is 126 Å². The predicted octanol–water partition coefficient (Wildman–Crippen LogP) is 6.32. The molecule has 5 heterocycles. The van der Waals surface area contributed by atoms with Gasteiger partial charge in [-0.3, -0.25) is 19.3 Å². The molecule has 0 aromatic carbocycles. The lowest BCUT2D eigenvalue weighted by Crippen LogP contribution is -2.60. The fraction of sp³-hybridized carbons (Fsp3) is 0.576. The van der Waals surface area contributed by atoms with Crippen LogP contribution >= 0.6 is 11.6 Å². The van der Waals surface area contributed by atoms with Crippen LogP contribution in [0, 0.1) is 11.8 Å². The maximum absolute atomic E-state index is 12.7. The average molecular weight is 635 g/mol. The summed E-state index contributed by atoms with van der Waals surface area (Å²) >= 11 is 6.44. The molecule has 4 aromatic rings. The molecule has 1 aliphatic carbocycles. The maximum atomic E-state index is 12.7. The molecule has 0 bridgehead atoms. The fourth-order valence-corrected chi connectivity index (χ4v) is 7.42. The van der Waals surface area contributed by atoms with Crippen molar-refractivity contribution in [1.29, 1.82) is 0 Å². The van der Waals surface area contributed by atoms with Crippen LogP contribution in [0.25, 0.3) is 33.8 Å². The number of unbranched alkanes of at least 4 members (excludes halogenated alkanes) is 1. The highest BCUT2D eigenvalue weighted by Gasteiger charge is 2.37. The summed E-state index contributed by atoms with van der Waals surface area (Å²) in [4.78, 5) is 46.3. The minimum absolute atomic E-state index is 0.0657. The van der Waals surface area contributed by atoms with E-state index in [1.807, 2.05) is 17.0 Å². The van der Waals surface area contributed by atoms with E-state index in [9.17, 15) is 9.59 Å². The summed E-state index contributed by atoms with van der Waals surface area (Å²) in [5, 5.41) is 4.41. The van der Waals surface area contributed by atoms with Crippen LogP contribution in [0.1, 0.15) is 79.1 Å². The van der Waals surface area contributed by atoms with Gasteiger partial charge in [-0.25, -0.2) is 14.8 Å². The zero-order valence-corrected chi connectivity index (χ0v) is 27.4. The number of fused-ring (bicyclic) bond motifs is 1. The summed E-state index contributed by atoms with van der Waals surface area (Å²) in [6.45, 7) is 10.5. The molecule has 1 amide bonds. The van der Waals surface area contributed by atoms with Crippen molar-refractivity contribution in [1.82, 2.24) is 34.6 Å². The molecule has 1 saturated carbocycles. The zero-order valence-electron chi connectivity index (χ0n) is 26.6.